The van der Waals surface area contributed by atoms with Crippen LogP contribution in [0.25, 0.3) is 11.5 Å². The van der Waals surface area contributed by atoms with Gasteiger partial charge in [0.1, 0.15) is 11.6 Å². The Labute approximate surface area is 211 Å². The number of amides is 2. The zero-order chi connectivity index (χ0) is 27.0. The zero-order valence-electron chi connectivity index (χ0n) is 19.2. The number of anilines is 1. The molecule has 12 nitrogen and oxygen atoms in total. The SMILES string of the molecule is N#Cc1cc(NC(=O)c2cnn(-c3cccc4c3CCN(C(=O)O)C4)c2C(F)(F)F)cnc1-n1nccn1. The fraction of sp³-hybridized carbons (Fsp3) is 0.174. The maximum atomic E-state index is 14.3. The van der Waals surface area contributed by atoms with E-state index in [-0.39, 0.29) is 42.3 Å². The van der Waals surface area contributed by atoms with E-state index in [0.29, 0.717) is 15.8 Å². The molecular weight excluding hydrogens is 507 g/mol. The van der Waals surface area contributed by atoms with E-state index >= 15 is 0 Å². The Balaban J connectivity index is 1.50. The molecule has 0 unspecified atom stereocenters. The van der Waals surface area contributed by atoms with Gasteiger partial charge >= 0.3 is 12.3 Å². The second-order valence-corrected chi connectivity index (χ2v) is 8.16. The van der Waals surface area contributed by atoms with Crippen LogP contribution in [0, 0.1) is 11.3 Å². The first-order valence-electron chi connectivity index (χ1n) is 11.0. The maximum Gasteiger partial charge on any atom is 0.434 e. The molecule has 4 heterocycles. The summed E-state index contributed by atoms with van der Waals surface area (Å²) in [5.41, 5.74) is -0.914. The van der Waals surface area contributed by atoms with Gasteiger partial charge in [-0.1, -0.05) is 12.1 Å². The molecule has 0 bridgehead atoms. The van der Waals surface area contributed by atoms with Crippen LogP contribution in [0.5, 0.6) is 0 Å². The van der Waals surface area contributed by atoms with Gasteiger partial charge in [-0.2, -0.15) is 33.7 Å². The minimum absolute atomic E-state index is 0.0166. The molecule has 0 saturated carbocycles. The summed E-state index contributed by atoms with van der Waals surface area (Å²) < 4.78 is 43.4. The van der Waals surface area contributed by atoms with E-state index in [1.165, 1.54) is 30.6 Å². The molecule has 3 aromatic heterocycles. The number of carbonyl (C=O) groups excluding carboxylic acids is 1. The fourth-order valence-corrected chi connectivity index (χ4v) is 4.21. The molecule has 38 heavy (non-hydrogen) atoms. The highest BCUT2D eigenvalue weighted by molar-refractivity contribution is 6.05. The van der Waals surface area contributed by atoms with Crippen LogP contribution in [0.2, 0.25) is 0 Å². The van der Waals surface area contributed by atoms with Crippen molar-refractivity contribution in [2.45, 2.75) is 19.1 Å². The minimum atomic E-state index is -4.96. The Hall–Kier alpha value is -5.26. The highest BCUT2D eigenvalue weighted by Gasteiger charge is 2.41. The number of benzene rings is 1. The van der Waals surface area contributed by atoms with Crippen LogP contribution < -0.4 is 5.32 Å². The number of hydrogen-bond acceptors (Lipinski definition) is 7. The van der Waals surface area contributed by atoms with Crippen molar-refractivity contribution in [1.82, 2.24) is 34.7 Å². The van der Waals surface area contributed by atoms with Crippen molar-refractivity contribution in [3.63, 3.8) is 0 Å². The number of carboxylic acid groups (broad SMARTS) is 1. The Morgan fingerprint density at radius 2 is 1.89 bits per heavy atom. The summed E-state index contributed by atoms with van der Waals surface area (Å²) in [6, 6.07) is 7.71. The molecular formula is C23H16F3N9O3. The number of rotatable bonds is 4. The number of carbonyl (C=O) groups is 2. The van der Waals surface area contributed by atoms with Gasteiger partial charge in [-0.25, -0.2) is 14.5 Å². The highest BCUT2D eigenvalue weighted by atomic mass is 19.4. The third-order valence-corrected chi connectivity index (χ3v) is 5.88. The van der Waals surface area contributed by atoms with Crippen LogP contribution in [0.3, 0.4) is 0 Å². The lowest BCUT2D eigenvalue weighted by Crippen LogP contribution is -2.35. The quantitative estimate of drug-likeness (QED) is 0.414. The summed E-state index contributed by atoms with van der Waals surface area (Å²) in [6.07, 6.45) is -1.18. The largest absolute Gasteiger partial charge is 0.465 e. The summed E-state index contributed by atoms with van der Waals surface area (Å²) >= 11 is 0. The number of nitrogens with zero attached hydrogens (tertiary/aromatic N) is 8. The number of halogens is 3. The number of fused-ring (bicyclic) bond motifs is 1. The third kappa shape index (κ3) is 4.39. The van der Waals surface area contributed by atoms with Gasteiger partial charge in [0, 0.05) is 13.1 Å². The maximum absolute atomic E-state index is 14.3. The Morgan fingerprint density at radius 3 is 2.58 bits per heavy atom. The molecule has 4 aromatic rings. The Morgan fingerprint density at radius 1 is 1.13 bits per heavy atom. The van der Waals surface area contributed by atoms with Crippen molar-refractivity contribution < 1.29 is 27.9 Å². The number of aromatic nitrogens is 6. The lowest BCUT2D eigenvalue weighted by Gasteiger charge is -2.28. The summed E-state index contributed by atoms with van der Waals surface area (Å²) in [6.45, 7) is 0.125. The lowest BCUT2D eigenvalue weighted by molar-refractivity contribution is -0.143. The van der Waals surface area contributed by atoms with E-state index in [0.717, 1.165) is 22.1 Å². The van der Waals surface area contributed by atoms with E-state index in [1.54, 1.807) is 6.07 Å². The topological polar surface area (TPSA) is 155 Å². The van der Waals surface area contributed by atoms with Crippen molar-refractivity contribution >= 4 is 17.7 Å². The monoisotopic (exact) mass is 523 g/mol. The van der Waals surface area contributed by atoms with Crippen molar-refractivity contribution in [1.29, 1.82) is 5.26 Å². The zero-order valence-corrected chi connectivity index (χ0v) is 19.2. The van der Waals surface area contributed by atoms with Gasteiger partial charge < -0.3 is 15.3 Å². The first kappa shape index (κ1) is 24.4. The average molecular weight is 523 g/mol. The summed E-state index contributed by atoms with van der Waals surface area (Å²) in [4.78, 5) is 30.6. The fourth-order valence-electron chi connectivity index (χ4n) is 4.21. The van der Waals surface area contributed by atoms with E-state index in [4.69, 9.17) is 0 Å². The number of pyridine rings is 1. The smallest absolute Gasteiger partial charge is 0.434 e. The minimum Gasteiger partial charge on any atom is -0.465 e. The molecule has 0 saturated heterocycles. The van der Waals surface area contributed by atoms with Crippen LogP contribution in [0.1, 0.15) is 32.7 Å². The van der Waals surface area contributed by atoms with Gasteiger partial charge in [0.15, 0.2) is 11.5 Å². The normalized spacial score (nSPS) is 13.1. The number of hydrogen-bond donors (Lipinski definition) is 2. The first-order valence-corrected chi connectivity index (χ1v) is 11.0. The molecule has 192 valence electrons. The van der Waals surface area contributed by atoms with Gasteiger partial charge in [-0.15, -0.1) is 4.80 Å². The molecule has 0 radical (unpaired) electrons. The molecule has 0 fully saturated rings. The molecule has 0 aliphatic carbocycles. The van der Waals surface area contributed by atoms with Gasteiger partial charge in [-0.3, -0.25) is 4.79 Å². The predicted octanol–water partition coefficient (Wildman–Crippen LogP) is 3.03. The van der Waals surface area contributed by atoms with Crippen LogP contribution in [0.15, 0.2) is 49.1 Å². The molecule has 5 rings (SSSR count). The molecule has 1 aromatic carbocycles. The van der Waals surface area contributed by atoms with Crippen molar-refractivity contribution in [2.24, 2.45) is 0 Å². The Kier molecular flexibility index (Phi) is 5.99. The number of nitrogens with one attached hydrogen (secondary N) is 1. The average Bonchev–Trinajstić information content (AvgIpc) is 3.58. The van der Waals surface area contributed by atoms with Crippen LogP contribution in [-0.2, 0) is 19.1 Å². The standard InChI is InChI=1S/C23H16F3N9O3/c24-23(25,26)19-17(21(36)32-15-8-14(9-27)20(28-10-15)35-29-5-6-30-35)11-31-34(19)18-3-1-2-13-12-33(22(37)38)7-4-16(13)18/h1-3,5-6,8,10-11H,4,7,12H2,(H,32,36)(H,37,38). The second kappa shape index (κ2) is 9.32. The molecule has 15 heteroatoms. The molecule has 0 spiro atoms. The molecule has 2 N–H and O–H groups in total. The molecule has 2 amide bonds. The van der Waals surface area contributed by atoms with Gasteiger partial charge in [0.2, 0.25) is 0 Å². The van der Waals surface area contributed by atoms with E-state index in [2.05, 4.69) is 25.6 Å². The molecule has 1 aliphatic rings. The van der Waals surface area contributed by atoms with Gasteiger partial charge in [0.25, 0.3) is 5.91 Å². The summed E-state index contributed by atoms with van der Waals surface area (Å²) in [5, 5.41) is 32.7. The van der Waals surface area contributed by atoms with Crippen molar-refractivity contribution in [3.8, 4) is 17.6 Å². The first-order chi connectivity index (χ1) is 18.2. The molecule has 1 aliphatic heterocycles. The van der Waals surface area contributed by atoms with E-state index in [1.807, 2.05) is 6.07 Å². The van der Waals surface area contributed by atoms with Gasteiger partial charge in [-0.05, 0) is 29.7 Å². The van der Waals surface area contributed by atoms with E-state index < -0.39 is 29.4 Å². The predicted molar refractivity (Wildman–Crippen MR) is 123 cm³/mol. The van der Waals surface area contributed by atoms with Crippen molar-refractivity contribution in [3.05, 3.63) is 77.0 Å². The third-order valence-electron chi connectivity index (χ3n) is 5.88. The van der Waals surface area contributed by atoms with Crippen LogP contribution in [-0.4, -0.2) is 58.3 Å². The lowest BCUT2D eigenvalue weighted by atomic mass is 9.98. The highest BCUT2D eigenvalue weighted by Crippen LogP contribution is 2.36. The molecule has 0 atom stereocenters. The van der Waals surface area contributed by atoms with Crippen LogP contribution in [0.4, 0.5) is 23.7 Å². The summed E-state index contributed by atoms with van der Waals surface area (Å²) in [5.74, 6) is -1.03. The number of nitriles is 1. The second-order valence-electron chi connectivity index (χ2n) is 8.16. The Bertz CT molecular complexity index is 1590. The number of alkyl halides is 3. The van der Waals surface area contributed by atoms with Crippen molar-refractivity contribution in [2.75, 3.05) is 11.9 Å². The van der Waals surface area contributed by atoms with E-state index in [9.17, 15) is 33.1 Å². The van der Waals surface area contributed by atoms with Gasteiger partial charge in [0.05, 0.1) is 41.7 Å². The van der Waals surface area contributed by atoms with Crippen LogP contribution >= 0.6 is 0 Å². The summed E-state index contributed by atoms with van der Waals surface area (Å²) in [7, 11) is 0.